The zero-order valence-corrected chi connectivity index (χ0v) is 11.4. The van der Waals surface area contributed by atoms with E-state index in [1.54, 1.807) is 6.92 Å². The maximum Gasteiger partial charge on any atom is 0.433 e. The Labute approximate surface area is 116 Å². The number of piperidine rings is 1. The molecule has 2 rings (SSSR count). The number of aliphatic hydroxyl groups excluding tert-OH is 1. The predicted molar refractivity (Wildman–Crippen MR) is 69.3 cm³/mol. The molecule has 1 N–H and O–H groups in total. The second-order valence-electron chi connectivity index (χ2n) is 5.42. The number of hydrogen-bond donors (Lipinski definition) is 1. The molecule has 0 amide bonds. The lowest BCUT2D eigenvalue weighted by Gasteiger charge is -2.33. The van der Waals surface area contributed by atoms with Crippen molar-refractivity contribution in [2.24, 2.45) is 0 Å². The number of rotatable bonds is 3. The highest BCUT2D eigenvalue weighted by Crippen LogP contribution is 2.30. The summed E-state index contributed by atoms with van der Waals surface area (Å²) in [5, 5.41) is 9.41. The van der Waals surface area contributed by atoms with E-state index in [9.17, 15) is 18.3 Å². The van der Waals surface area contributed by atoms with E-state index in [4.69, 9.17) is 0 Å². The third-order valence-corrected chi connectivity index (χ3v) is 3.58. The number of pyridine rings is 1. The summed E-state index contributed by atoms with van der Waals surface area (Å²) in [6.07, 6.45) is -1.51. The van der Waals surface area contributed by atoms with E-state index in [-0.39, 0.29) is 12.0 Å². The van der Waals surface area contributed by atoms with Crippen LogP contribution < -0.4 is 0 Å². The number of alkyl halides is 3. The minimum atomic E-state index is -4.39. The number of halogens is 3. The molecular weight excluding hydrogens is 269 g/mol. The molecule has 0 saturated carbocycles. The van der Waals surface area contributed by atoms with Gasteiger partial charge in [-0.25, -0.2) is 0 Å². The van der Waals surface area contributed by atoms with Gasteiger partial charge in [0.2, 0.25) is 0 Å². The van der Waals surface area contributed by atoms with Crippen molar-refractivity contribution in [3.63, 3.8) is 0 Å². The van der Waals surface area contributed by atoms with Crippen molar-refractivity contribution < 1.29 is 18.3 Å². The van der Waals surface area contributed by atoms with Crippen LogP contribution in [0.4, 0.5) is 13.2 Å². The van der Waals surface area contributed by atoms with Crippen molar-refractivity contribution in [2.45, 2.75) is 38.0 Å². The molecular formula is C14H19F3N2O. The highest BCUT2D eigenvalue weighted by atomic mass is 19.4. The normalized spacial score (nSPS) is 22.8. The molecule has 1 fully saturated rings. The fourth-order valence-electron chi connectivity index (χ4n) is 2.68. The maximum atomic E-state index is 12.5. The Morgan fingerprint density at radius 3 is 2.75 bits per heavy atom. The molecule has 3 nitrogen and oxygen atoms in total. The van der Waals surface area contributed by atoms with Crippen molar-refractivity contribution in [1.82, 2.24) is 9.88 Å². The number of β-amino-alcohol motifs (C(OH)–C–C–N with tert-alkyl or cyclic N) is 1. The van der Waals surface area contributed by atoms with Gasteiger partial charge < -0.3 is 10.0 Å². The van der Waals surface area contributed by atoms with E-state index in [0.717, 1.165) is 37.6 Å². The monoisotopic (exact) mass is 288 g/mol. The van der Waals surface area contributed by atoms with Gasteiger partial charge in [0.1, 0.15) is 5.69 Å². The fourth-order valence-corrected chi connectivity index (χ4v) is 2.68. The fraction of sp³-hybridized carbons (Fsp3) is 0.643. The smallest absolute Gasteiger partial charge is 0.392 e. The van der Waals surface area contributed by atoms with Gasteiger partial charge in [0, 0.05) is 19.3 Å². The first-order chi connectivity index (χ1) is 9.36. The Hall–Kier alpha value is -1.14. The van der Waals surface area contributed by atoms with Crippen LogP contribution in [-0.2, 0) is 6.18 Å². The molecule has 0 spiro atoms. The zero-order valence-electron chi connectivity index (χ0n) is 11.4. The standard InChI is InChI=1S/C14H19F3N2O/c1-10(20)8-19-6-2-3-12(9-19)11-4-5-13(18-7-11)14(15,16)17/h4-5,7,10,12,20H,2-3,6,8-9H2,1H3/t10-,12?/m0/s1. The third kappa shape index (κ3) is 3.93. The van der Waals surface area contributed by atoms with Crippen LogP contribution in [0.3, 0.4) is 0 Å². The van der Waals surface area contributed by atoms with E-state index < -0.39 is 11.9 Å². The predicted octanol–water partition coefficient (Wildman–Crippen LogP) is 2.66. The topological polar surface area (TPSA) is 36.4 Å². The van der Waals surface area contributed by atoms with Crippen molar-refractivity contribution in [2.75, 3.05) is 19.6 Å². The maximum absolute atomic E-state index is 12.5. The highest BCUT2D eigenvalue weighted by molar-refractivity contribution is 5.20. The lowest BCUT2D eigenvalue weighted by atomic mass is 9.91. The molecule has 112 valence electrons. The van der Waals surface area contributed by atoms with Gasteiger partial charge in [-0.15, -0.1) is 0 Å². The quantitative estimate of drug-likeness (QED) is 0.929. The molecule has 0 bridgehead atoms. The first kappa shape index (κ1) is 15.3. The molecule has 1 aliphatic heterocycles. The lowest BCUT2D eigenvalue weighted by molar-refractivity contribution is -0.141. The number of aromatic nitrogens is 1. The van der Waals surface area contributed by atoms with Crippen molar-refractivity contribution in [3.05, 3.63) is 29.6 Å². The largest absolute Gasteiger partial charge is 0.433 e. The van der Waals surface area contributed by atoms with E-state index >= 15 is 0 Å². The van der Waals surface area contributed by atoms with Crippen LogP contribution >= 0.6 is 0 Å². The summed E-state index contributed by atoms with van der Waals surface area (Å²) < 4.78 is 37.4. The van der Waals surface area contributed by atoms with Crippen LogP contribution in [0.5, 0.6) is 0 Å². The molecule has 1 aliphatic rings. The van der Waals surface area contributed by atoms with Gasteiger partial charge in [0.15, 0.2) is 0 Å². The van der Waals surface area contributed by atoms with Crippen molar-refractivity contribution in [1.29, 1.82) is 0 Å². The first-order valence-corrected chi connectivity index (χ1v) is 6.80. The van der Waals surface area contributed by atoms with Gasteiger partial charge in [0.25, 0.3) is 0 Å². The van der Waals surface area contributed by atoms with Gasteiger partial charge in [0.05, 0.1) is 6.10 Å². The third-order valence-electron chi connectivity index (χ3n) is 3.58. The number of aliphatic hydroxyl groups is 1. The minimum absolute atomic E-state index is 0.192. The van der Waals surface area contributed by atoms with Crippen LogP contribution in [0.15, 0.2) is 18.3 Å². The van der Waals surface area contributed by atoms with Crippen molar-refractivity contribution >= 4 is 0 Å². The van der Waals surface area contributed by atoms with Gasteiger partial charge in [-0.05, 0) is 43.9 Å². The van der Waals surface area contributed by atoms with Crippen LogP contribution in [0, 0.1) is 0 Å². The SMILES string of the molecule is C[C@H](O)CN1CCCC(c2ccc(C(F)(F)F)nc2)C1. The molecule has 0 aliphatic carbocycles. The summed E-state index contributed by atoms with van der Waals surface area (Å²) in [7, 11) is 0. The number of hydrogen-bond acceptors (Lipinski definition) is 3. The van der Waals surface area contributed by atoms with E-state index in [1.807, 2.05) is 0 Å². The molecule has 0 radical (unpaired) electrons. The van der Waals surface area contributed by atoms with Gasteiger partial charge in [-0.2, -0.15) is 13.2 Å². The Kier molecular flexibility index (Phi) is 4.65. The molecule has 1 saturated heterocycles. The molecule has 2 atom stereocenters. The van der Waals surface area contributed by atoms with Crippen LogP contribution in [-0.4, -0.2) is 40.7 Å². The zero-order chi connectivity index (χ0) is 14.8. The lowest BCUT2D eigenvalue weighted by Crippen LogP contribution is -2.38. The van der Waals surface area contributed by atoms with Crippen LogP contribution in [0.1, 0.15) is 36.9 Å². The van der Waals surface area contributed by atoms with Crippen LogP contribution in [0.2, 0.25) is 0 Å². The Balaban J connectivity index is 2.04. The molecule has 20 heavy (non-hydrogen) atoms. The molecule has 2 heterocycles. The van der Waals surface area contributed by atoms with E-state index in [2.05, 4.69) is 9.88 Å². The number of nitrogens with zero attached hydrogens (tertiary/aromatic N) is 2. The number of likely N-dealkylation sites (tertiary alicyclic amines) is 1. The molecule has 1 aromatic rings. The molecule has 6 heteroatoms. The Morgan fingerprint density at radius 1 is 1.45 bits per heavy atom. The summed E-state index contributed by atoms with van der Waals surface area (Å²) in [5.41, 5.74) is -0.00816. The minimum Gasteiger partial charge on any atom is -0.392 e. The Bertz CT molecular complexity index is 431. The second-order valence-corrected chi connectivity index (χ2v) is 5.42. The van der Waals surface area contributed by atoms with Crippen LogP contribution in [0.25, 0.3) is 0 Å². The average molecular weight is 288 g/mol. The van der Waals surface area contributed by atoms with E-state index in [0.29, 0.717) is 6.54 Å². The Morgan fingerprint density at radius 2 is 2.20 bits per heavy atom. The summed E-state index contributed by atoms with van der Waals surface area (Å²) in [6.45, 7) is 4.03. The summed E-state index contributed by atoms with van der Waals surface area (Å²) in [4.78, 5) is 5.67. The van der Waals surface area contributed by atoms with Crippen molar-refractivity contribution in [3.8, 4) is 0 Å². The summed E-state index contributed by atoms with van der Waals surface area (Å²) in [6, 6.07) is 2.56. The molecule has 1 aromatic heterocycles. The van der Waals surface area contributed by atoms with E-state index in [1.165, 1.54) is 12.3 Å². The first-order valence-electron chi connectivity index (χ1n) is 6.80. The second kappa shape index (κ2) is 6.10. The highest BCUT2D eigenvalue weighted by Gasteiger charge is 2.32. The summed E-state index contributed by atoms with van der Waals surface area (Å²) >= 11 is 0. The average Bonchev–Trinajstić information content (AvgIpc) is 2.37. The van der Waals surface area contributed by atoms with Gasteiger partial charge in [-0.1, -0.05) is 6.07 Å². The molecule has 1 unspecified atom stereocenters. The van der Waals surface area contributed by atoms with Gasteiger partial charge >= 0.3 is 6.18 Å². The van der Waals surface area contributed by atoms with Gasteiger partial charge in [-0.3, -0.25) is 4.98 Å². The summed E-state index contributed by atoms with van der Waals surface area (Å²) in [5.74, 6) is 0.192. The molecule has 0 aromatic carbocycles.